The number of hydrogen-bond donors (Lipinski definition) is 1. The summed E-state index contributed by atoms with van der Waals surface area (Å²) in [7, 11) is 0. The number of pyridine rings is 1. The maximum atomic E-state index is 5.92. The molecular formula is C15H23N3O3. The summed E-state index contributed by atoms with van der Waals surface area (Å²) in [5.74, 6) is 0.530. The Balaban J connectivity index is 1.62. The first kappa shape index (κ1) is 14.6. The van der Waals surface area contributed by atoms with E-state index in [1.807, 2.05) is 12.1 Å². The van der Waals surface area contributed by atoms with E-state index < -0.39 is 0 Å². The smallest absolute Gasteiger partial charge is 0.158 e. The van der Waals surface area contributed by atoms with E-state index in [0.29, 0.717) is 12.4 Å². The third-order valence-electron chi connectivity index (χ3n) is 3.81. The fourth-order valence-electron chi connectivity index (χ4n) is 2.69. The molecule has 3 heterocycles. The summed E-state index contributed by atoms with van der Waals surface area (Å²) in [6.45, 7) is 4.50. The van der Waals surface area contributed by atoms with Gasteiger partial charge in [0.05, 0.1) is 25.5 Å². The number of nitrogens with zero attached hydrogens (tertiary/aromatic N) is 2. The lowest BCUT2D eigenvalue weighted by atomic mass is 10.2. The van der Waals surface area contributed by atoms with Crippen molar-refractivity contribution >= 4 is 11.5 Å². The molecule has 3 rings (SSSR count). The second-order valence-electron chi connectivity index (χ2n) is 5.45. The lowest BCUT2D eigenvalue weighted by Gasteiger charge is -2.29. The topological polar surface area (TPSA) is 69.8 Å². The third kappa shape index (κ3) is 4.06. The number of rotatable bonds is 4. The Labute approximate surface area is 125 Å². The molecule has 2 aliphatic heterocycles. The summed E-state index contributed by atoms with van der Waals surface area (Å²) in [5, 5.41) is 0. The predicted octanol–water partition coefficient (Wildman–Crippen LogP) is 1.54. The minimum atomic E-state index is -0.103. The quantitative estimate of drug-likeness (QED) is 0.908. The van der Waals surface area contributed by atoms with Crippen LogP contribution in [0.5, 0.6) is 0 Å². The fourth-order valence-corrected chi connectivity index (χ4v) is 2.69. The molecule has 2 aliphatic rings. The molecule has 6 heteroatoms. The highest BCUT2D eigenvalue weighted by Crippen LogP contribution is 2.21. The van der Waals surface area contributed by atoms with Crippen molar-refractivity contribution < 1.29 is 14.2 Å². The van der Waals surface area contributed by atoms with Gasteiger partial charge in [0.2, 0.25) is 0 Å². The van der Waals surface area contributed by atoms with Gasteiger partial charge in [-0.25, -0.2) is 4.98 Å². The van der Waals surface area contributed by atoms with Crippen molar-refractivity contribution in [1.82, 2.24) is 4.98 Å². The first-order valence-corrected chi connectivity index (χ1v) is 7.63. The van der Waals surface area contributed by atoms with Crippen molar-refractivity contribution in [3.63, 3.8) is 0 Å². The lowest BCUT2D eigenvalue weighted by Crippen LogP contribution is -2.36. The van der Waals surface area contributed by atoms with E-state index in [0.717, 1.165) is 63.6 Å². The van der Waals surface area contributed by atoms with Crippen LogP contribution in [0.1, 0.15) is 25.0 Å². The van der Waals surface area contributed by atoms with Crippen LogP contribution in [-0.4, -0.2) is 44.2 Å². The average Bonchev–Trinajstić information content (AvgIpc) is 2.54. The van der Waals surface area contributed by atoms with Gasteiger partial charge in [0.1, 0.15) is 5.82 Å². The zero-order valence-corrected chi connectivity index (χ0v) is 12.3. The van der Waals surface area contributed by atoms with Gasteiger partial charge in [-0.05, 0) is 25.3 Å². The summed E-state index contributed by atoms with van der Waals surface area (Å²) in [6, 6.07) is 3.95. The summed E-state index contributed by atoms with van der Waals surface area (Å²) in [5.41, 5.74) is 7.86. The third-order valence-corrected chi connectivity index (χ3v) is 3.81. The number of ether oxygens (including phenoxy) is 3. The highest BCUT2D eigenvalue weighted by molar-refractivity contribution is 5.54. The number of nitrogen functional groups attached to an aromatic ring is 1. The van der Waals surface area contributed by atoms with Crippen LogP contribution in [-0.2, 0) is 20.8 Å². The van der Waals surface area contributed by atoms with Gasteiger partial charge < -0.3 is 24.8 Å². The van der Waals surface area contributed by atoms with Crippen LogP contribution in [0.3, 0.4) is 0 Å². The maximum Gasteiger partial charge on any atom is 0.158 e. The molecule has 1 atom stereocenters. The highest BCUT2D eigenvalue weighted by atomic mass is 16.7. The number of nitrogens with two attached hydrogens (primary N) is 1. The first-order valence-electron chi connectivity index (χ1n) is 7.63. The van der Waals surface area contributed by atoms with Gasteiger partial charge in [0, 0.05) is 31.5 Å². The van der Waals surface area contributed by atoms with Crippen molar-refractivity contribution in [2.24, 2.45) is 0 Å². The molecule has 6 nitrogen and oxygen atoms in total. The molecule has 2 saturated heterocycles. The summed E-state index contributed by atoms with van der Waals surface area (Å²) < 4.78 is 16.7. The number of aromatic nitrogens is 1. The fraction of sp³-hybridized carbons (Fsp3) is 0.667. The monoisotopic (exact) mass is 293 g/mol. The lowest BCUT2D eigenvalue weighted by molar-refractivity contribution is -0.169. The molecule has 1 aromatic heterocycles. The van der Waals surface area contributed by atoms with E-state index in [1.165, 1.54) is 0 Å². The summed E-state index contributed by atoms with van der Waals surface area (Å²) >= 11 is 0. The maximum absolute atomic E-state index is 5.92. The number of anilines is 2. The molecule has 1 unspecified atom stereocenters. The van der Waals surface area contributed by atoms with Gasteiger partial charge in [-0.15, -0.1) is 0 Å². The number of hydrogen-bond acceptors (Lipinski definition) is 6. The van der Waals surface area contributed by atoms with Gasteiger partial charge in [0.15, 0.2) is 6.29 Å². The highest BCUT2D eigenvalue weighted by Gasteiger charge is 2.16. The Morgan fingerprint density at radius 3 is 2.86 bits per heavy atom. The molecule has 0 spiro atoms. The largest absolute Gasteiger partial charge is 0.384 e. The van der Waals surface area contributed by atoms with E-state index >= 15 is 0 Å². The second kappa shape index (κ2) is 7.06. The van der Waals surface area contributed by atoms with Crippen molar-refractivity contribution in [1.29, 1.82) is 0 Å². The molecule has 21 heavy (non-hydrogen) atoms. The SMILES string of the molecule is Nc1cc(N2CCOCC2)cc(COC2CCCCO2)n1. The molecule has 0 aliphatic carbocycles. The van der Waals surface area contributed by atoms with E-state index in [-0.39, 0.29) is 6.29 Å². The zero-order valence-electron chi connectivity index (χ0n) is 12.3. The molecule has 0 amide bonds. The molecule has 0 bridgehead atoms. The van der Waals surface area contributed by atoms with Crippen LogP contribution >= 0.6 is 0 Å². The van der Waals surface area contributed by atoms with Crippen molar-refractivity contribution in [2.45, 2.75) is 32.2 Å². The molecule has 2 N–H and O–H groups in total. The Bertz CT molecular complexity index is 457. The van der Waals surface area contributed by atoms with E-state index in [2.05, 4.69) is 9.88 Å². The van der Waals surface area contributed by atoms with Crippen LogP contribution in [0.4, 0.5) is 11.5 Å². The summed E-state index contributed by atoms with van der Waals surface area (Å²) in [4.78, 5) is 6.62. The predicted molar refractivity (Wildman–Crippen MR) is 80.1 cm³/mol. The van der Waals surface area contributed by atoms with Gasteiger partial charge in [-0.2, -0.15) is 0 Å². The molecule has 0 saturated carbocycles. The minimum Gasteiger partial charge on any atom is -0.384 e. The molecule has 0 radical (unpaired) electrons. The van der Waals surface area contributed by atoms with Gasteiger partial charge >= 0.3 is 0 Å². The Hall–Kier alpha value is -1.37. The van der Waals surface area contributed by atoms with Crippen molar-refractivity contribution in [3.8, 4) is 0 Å². The normalized spacial score (nSPS) is 23.2. The van der Waals surface area contributed by atoms with Gasteiger partial charge in [-0.1, -0.05) is 0 Å². The van der Waals surface area contributed by atoms with Crippen molar-refractivity contribution in [2.75, 3.05) is 43.5 Å². The van der Waals surface area contributed by atoms with Crippen LogP contribution in [0, 0.1) is 0 Å². The minimum absolute atomic E-state index is 0.103. The molecule has 116 valence electrons. The van der Waals surface area contributed by atoms with Crippen molar-refractivity contribution in [3.05, 3.63) is 17.8 Å². The Morgan fingerprint density at radius 1 is 1.24 bits per heavy atom. The van der Waals surface area contributed by atoms with E-state index in [9.17, 15) is 0 Å². The van der Waals surface area contributed by atoms with Crippen LogP contribution in [0.15, 0.2) is 12.1 Å². The van der Waals surface area contributed by atoms with Gasteiger partial charge in [0.25, 0.3) is 0 Å². The second-order valence-corrected chi connectivity index (χ2v) is 5.45. The van der Waals surface area contributed by atoms with E-state index in [1.54, 1.807) is 0 Å². The average molecular weight is 293 g/mol. The Morgan fingerprint density at radius 2 is 2.10 bits per heavy atom. The van der Waals surface area contributed by atoms with Crippen LogP contribution in [0.25, 0.3) is 0 Å². The Kier molecular flexibility index (Phi) is 4.90. The molecule has 2 fully saturated rings. The van der Waals surface area contributed by atoms with E-state index in [4.69, 9.17) is 19.9 Å². The number of morpholine rings is 1. The summed E-state index contributed by atoms with van der Waals surface area (Å²) in [6.07, 6.45) is 3.14. The van der Waals surface area contributed by atoms with Gasteiger partial charge in [-0.3, -0.25) is 0 Å². The standard InChI is InChI=1S/C15H23N3O3/c16-14-10-13(18-4-7-19-8-5-18)9-12(17-14)11-21-15-3-1-2-6-20-15/h9-10,15H,1-8,11H2,(H2,16,17). The van der Waals surface area contributed by atoms with Crippen LogP contribution in [0.2, 0.25) is 0 Å². The first-order chi connectivity index (χ1) is 10.3. The molecule has 0 aromatic carbocycles. The zero-order chi connectivity index (χ0) is 14.5. The molecule has 1 aromatic rings. The molecular weight excluding hydrogens is 270 g/mol. The van der Waals surface area contributed by atoms with Crippen LogP contribution < -0.4 is 10.6 Å².